The van der Waals surface area contributed by atoms with Gasteiger partial charge in [0.15, 0.2) is 21.8 Å². The monoisotopic (exact) mass is 754 g/mol. The number of nitrogens with zero attached hydrogens (tertiary/aromatic N) is 4. The Morgan fingerprint density at radius 1 is 0.889 bits per heavy atom. The number of aromatic nitrogens is 2. The summed E-state index contributed by atoms with van der Waals surface area (Å²) in [6.07, 6.45) is 7.59. The van der Waals surface area contributed by atoms with Crippen LogP contribution in [0.1, 0.15) is 88.4 Å². The number of piperazine rings is 1. The molecule has 4 aromatic rings. The number of benzene rings is 3. The summed E-state index contributed by atoms with van der Waals surface area (Å²) in [4.78, 5) is 36.3. The van der Waals surface area contributed by atoms with E-state index in [1.165, 1.54) is 6.26 Å². The van der Waals surface area contributed by atoms with Gasteiger partial charge in [-0.1, -0.05) is 92.1 Å². The summed E-state index contributed by atoms with van der Waals surface area (Å²) in [5.41, 5.74) is 3.65. The number of Topliss-reactive ketones (excluding diaryl/α,β-unsaturated/α-hetero) is 1. The van der Waals surface area contributed by atoms with E-state index >= 15 is 0 Å². The Hall–Kier alpha value is -4.32. The molecule has 0 bridgehead atoms. The predicted molar refractivity (Wildman–Crippen MR) is 210 cm³/mol. The molecule has 2 aliphatic rings. The van der Waals surface area contributed by atoms with E-state index in [0.29, 0.717) is 55.4 Å². The Kier molecular flexibility index (Phi) is 12.4. The van der Waals surface area contributed by atoms with Crippen molar-refractivity contribution in [3.63, 3.8) is 0 Å². The summed E-state index contributed by atoms with van der Waals surface area (Å²) in [5, 5.41) is 12.3. The molecule has 1 aliphatic heterocycles. The molecule has 11 heteroatoms. The minimum atomic E-state index is -3.26. The maximum atomic E-state index is 14.2. The first-order valence-corrected chi connectivity index (χ1v) is 21.1. The molecular weight excluding hydrogens is 701 g/mol. The minimum absolute atomic E-state index is 0.151. The van der Waals surface area contributed by atoms with E-state index in [4.69, 9.17) is 9.72 Å². The third-order valence-corrected chi connectivity index (χ3v) is 11.8. The predicted octanol–water partition coefficient (Wildman–Crippen LogP) is 7.43. The SMILES string of the molecule is CC(C)(C)OC(=O)N1CCN(C(O)c2ncn(C3CCCCC(Cc4ccc(S(C)(=O)=O)cc4)CCC3=O)c2-c2ccccc2)[C@H](Cc2ccccc2)C1. The van der Waals surface area contributed by atoms with Crippen molar-refractivity contribution in [3.8, 4) is 11.3 Å². The molecular formula is C43H54N4O6S. The van der Waals surface area contributed by atoms with Gasteiger partial charge >= 0.3 is 6.09 Å². The summed E-state index contributed by atoms with van der Waals surface area (Å²) in [6, 6.07) is 26.4. The fraction of sp³-hybridized carbons (Fsp3) is 0.465. The van der Waals surface area contributed by atoms with Gasteiger partial charge in [0.1, 0.15) is 11.3 Å². The van der Waals surface area contributed by atoms with Crippen molar-refractivity contribution in [1.29, 1.82) is 0 Å². The molecule has 2 fully saturated rings. The number of carbonyl (C=O) groups is 2. The smallest absolute Gasteiger partial charge is 0.410 e. The van der Waals surface area contributed by atoms with Crippen molar-refractivity contribution in [2.24, 2.45) is 5.92 Å². The van der Waals surface area contributed by atoms with Gasteiger partial charge in [0.25, 0.3) is 0 Å². The Morgan fingerprint density at radius 3 is 2.20 bits per heavy atom. The lowest BCUT2D eigenvalue weighted by molar-refractivity contribution is -0.122. The van der Waals surface area contributed by atoms with Crippen LogP contribution in [0.5, 0.6) is 0 Å². The van der Waals surface area contributed by atoms with Crippen molar-refractivity contribution >= 4 is 21.7 Å². The zero-order valence-electron chi connectivity index (χ0n) is 31.9. The lowest BCUT2D eigenvalue weighted by Crippen LogP contribution is -2.57. The Morgan fingerprint density at radius 2 is 1.54 bits per heavy atom. The topological polar surface area (TPSA) is 122 Å². The molecule has 3 aromatic carbocycles. The third kappa shape index (κ3) is 9.85. The molecule has 1 aliphatic carbocycles. The summed E-state index contributed by atoms with van der Waals surface area (Å²) in [5.74, 6) is 0.462. The number of hydrogen-bond acceptors (Lipinski definition) is 8. The zero-order valence-corrected chi connectivity index (χ0v) is 32.7. The van der Waals surface area contributed by atoms with Crippen LogP contribution in [-0.2, 0) is 32.2 Å². The molecule has 0 spiro atoms. The van der Waals surface area contributed by atoms with Crippen molar-refractivity contribution in [3.05, 3.63) is 108 Å². The molecule has 1 saturated heterocycles. The number of aliphatic hydroxyl groups is 1. The van der Waals surface area contributed by atoms with Crippen LogP contribution in [0.3, 0.4) is 0 Å². The Labute approximate surface area is 320 Å². The van der Waals surface area contributed by atoms with Gasteiger partial charge in [-0.15, -0.1) is 0 Å². The molecule has 10 nitrogen and oxygen atoms in total. The van der Waals surface area contributed by atoms with E-state index in [1.54, 1.807) is 23.4 Å². The number of amides is 1. The first-order chi connectivity index (χ1) is 25.8. The Bertz CT molecular complexity index is 1980. The van der Waals surface area contributed by atoms with Gasteiger partial charge in [-0.3, -0.25) is 9.69 Å². The molecule has 2 heterocycles. The summed E-state index contributed by atoms with van der Waals surface area (Å²) in [6.45, 7) is 6.77. The largest absolute Gasteiger partial charge is 0.444 e. The van der Waals surface area contributed by atoms with E-state index in [9.17, 15) is 23.1 Å². The van der Waals surface area contributed by atoms with Crippen LogP contribution in [0.2, 0.25) is 0 Å². The highest BCUT2D eigenvalue weighted by atomic mass is 32.2. The van der Waals surface area contributed by atoms with Gasteiger partial charge in [-0.05, 0) is 75.6 Å². The van der Waals surface area contributed by atoms with E-state index < -0.39 is 27.7 Å². The second-order valence-corrected chi connectivity index (χ2v) is 17.9. The maximum Gasteiger partial charge on any atom is 0.410 e. The number of aliphatic hydroxyl groups excluding tert-OH is 1. The quantitative estimate of drug-likeness (QED) is 0.187. The molecule has 6 rings (SSSR count). The van der Waals surface area contributed by atoms with Crippen molar-refractivity contribution in [2.75, 3.05) is 25.9 Å². The number of carbonyl (C=O) groups excluding carboxylic acids is 2. The second-order valence-electron chi connectivity index (χ2n) is 15.9. The summed E-state index contributed by atoms with van der Waals surface area (Å²) < 4.78 is 31.6. The fourth-order valence-electron chi connectivity index (χ4n) is 7.90. The molecule has 0 radical (unpaired) electrons. The van der Waals surface area contributed by atoms with Crippen molar-refractivity contribution in [2.45, 2.75) is 101 Å². The number of ketones is 1. The van der Waals surface area contributed by atoms with Gasteiger partial charge in [-0.2, -0.15) is 0 Å². The van der Waals surface area contributed by atoms with Crippen LogP contribution in [0, 0.1) is 5.92 Å². The first-order valence-electron chi connectivity index (χ1n) is 19.2. The second kappa shape index (κ2) is 17.0. The highest BCUT2D eigenvalue weighted by Crippen LogP contribution is 2.37. The highest BCUT2D eigenvalue weighted by Gasteiger charge is 2.38. The van der Waals surface area contributed by atoms with E-state index in [0.717, 1.165) is 54.5 Å². The van der Waals surface area contributed by atoms with Crippen LogP contribution in [0.15, 0.2) is 96.2 Å². The highest BCUT2D eigenvalue weighted by molar-refractivity contribution is 7.90. The van der Waals surface area contributed by atoms with Crippen molar-refractivity contribution < 1.29 is 27.9 Å². The normalized spacial score (nSPS) is 21.2. The molecule has 3 unspecified atom stereocenters. The van der Waals surface area contributed by atoms with E-state index in [1.807, 2.05) is 90.9 Å². The molecule has 1 amide bonds. The third-order valence-electron chi connectivity index (χ3n) is 10.6. The van der Waals surface area contributed by atoms with Crippen LogP contribution >= 0.6 is 0 Å². The van der Waals surface area contributed by atoms with Gasteiger partial charge in [0.2, 0.25) is 0 Å². The summed E-state index contributed by atoms with van der Waals surface area (Å²) in [7, 11) is -3.26. The molecule has 288 valence electrons. The standard InChI is InChI=1S/C43H54N4O6S/c1-43(2,3)53-42(50)45-25-26-46(35(29-45)28-31-13-7-5-8-14-31)41(49)39-40(34-16-9-6-10-17-34)47(30-44-39)37-18-12-11-15-32(21-24-38(37)48)27-33-19-22-36(23-20-33)54(4,51)52/h5-10,13-14,16-17,19-20,22-23,30,32,35,37,41,49H,11-12,15,18,21,24-29H2,1-4H3/t32?,35-,37?,41?/m1/s1. The maximum absolute atomic E-state index is 14.2. The average molecular weight is 755 g/mol. The average Bonchev–Trinajstić information content (AvgIpc) is 3.60. The van der Waals surface area contributed by atoms with Gasteiger partial charge in [0.05, 0.1) is 23.0 Å². The zero-order chi connectivity index (χ0) is 38.5. The molecule has 1 aromatic heterocycles. The van der Waals surface area contributed by atoms with E-state index in [-0.39, 0.29) is 17.9 Å². The molecule has 1 saturated carbocycles. The van der Waals surface area contributed by atoms with Crippen LogP contribution in [0.4, 0.5) is 4.79 Å². The van der Waals surface area contributed by atoms with E-state index in [2.05, 4.69) is 12.1 Å². The van der Waals surface area contributed by atoms with Crippen LogP contribution in [-0.4, -0.2) is 82.3 Å². The number of sulfone groups is 1. The van der Waals surface area contributed by atoms with Crippen molar-refractivity contribution in [1.82, 2.24) is 19.4 Å². The van der Waals surface area contributed by atoms with Gasteiger partial charge < -0.3 is 19.3 Å². The fourth-order valence-corrected chi connectivity index (χ4v) is 8.53. The van der Waals surface area contributed by atoms with Gasteiger partial charge in [0, 0.05) is 43.9 Å². The lowest BCUT2D eigenvalue weighted by Gasteiger charge is -2.43. The van der Waals surface area contributed by atoms with Gasteiger partial charge in [-0.25, -0.2) is 18.2 Å². The minimum Gasteiger partial charge on any atom is -0.444 e. The number of hydrogen-bond donors (Lipinski definition) is 1. The number of imidazole rings is 1. The molecule has 1 N–H and O–H groups in total. The molecule has 54 heavy (non-hydrogen) atoms. The van der Waals surface area contributed by atoms with Crippen LogP contribution < -0.4 is 0 Å². The first kappa shape index (κ1) is 39.4. The lowest BCUT2D eigenvalue weighted by atomic mass is 9.90. The number of rotatable bonds is 9. The number of ether oxygens (including phenoxy) is 1. The molecule has 4 atom stereocenters. The van der Waals surface area contributed by atoms with Crippen LogP contribution in [0.25, 0.3) is 11.3 Å². The summed E-state index contributed by atoms with van der Waals surface area (Å²) >= 11 is 0. The Balaban J connectivity index is 1.25.